The summed E-state index contributed by atoms with van der Waals surface area (Å²) in [5.74, 6) is 0.880. The van der Waals surface area contributed by atoms with Gasteiger partial charge in [0.2, 0.25) is 0 Å². The van der Waals surface area contributed by atoms with E-state index in [0.29, 0.717) is 0 Å². The Labute approximate surface area is 147 Å². The minimum Gasteiger partial charge on any atom is -0.356 e. The van der Waals surface area contributed by atoms with Crippen molar-refractivity contribution in [3.63, 3.8) is 0 Å². The van der Waals surface area contributed by atoms with Crippen LogP contribution in [0.15, 0.2) is 29.3 Å². The van der Waals surface area contributed by atoms with Crippen molar-refractivity contribution in [2.24, 2.45) is 4.99 Å². The average molecular weight is 332 g/mol. The lowest BCUT2D eigenvalue weighted by molar-refractivity contribution is 0.148. The van der Waals surface area contributed by atoms with Crippen LogP contribution in [0, 0.1) is 0 Å². The first-order valence-corrected chi connectivity index (χ1v) is 9.14. The van der Waals surface area contributed by atoms with Crippen molar-refractivity contribution in [3.05, 3.63) is 35.4 Å². The molecule has 0 bridgehead atoms. The van der Waals surface area contributed by atoms with Crippen LogP contribution in [0.5, 0.6) is 0 Å². The van der Waals surface area contributed by atoms with Gasteiger partial charge in [-0.3, -0.25) is 9.89 Å². The van der Waals surface area contributed by atoms with E-state index in [4.69, 9.17) is 0 Å². The molecule has 1 aliphatic heterocycles. The Hall–Kier alpha value is -1.59. The summed E-state index contributed by atoms with van der Waals surface area (Å²) < 4.78 is 0. The second-order valence-electron chi connectivity index (χ2n) is 6.60. The zero-order chi connectivity index (χ0) is 17.2. The number of piperazine rings is 1. The van der Waals surface area contributed by atoms with Crippen LogP contribution in [-0.2, 0) is 13.1 Å². The molecule has 0 atom stereocenters. The topological polar surface area (TPSA) is 42.9 Å². The number of benzene rings is 1. The molecule has 0 radical (unpaired) electrons. The molecule has 1 aromatic rings. The first-order chi connectivity index (χ1) is 11.7. The molecule has 1 heterocycles. The largest absolute Gasteiger partial charge is 0.356 e. The highest BCUT2D eigenvalue weighted by Crippen LogP contribution is 2.09. The van der Waals surface area contributed by atoms with Crippen LogP contribution >= 0.6 is 0 Å². The van der Waals surface area contributed by atoms with Gasteiger partial charge in [-0.05, 0) is 24.6 Å². The number of nitrogens with zero attached hydrogens (tertiary/aromatic N) is 3. The number of unbranched alkanes of at least 4 members (excludes halogenated alkanes) is 1. The Bertz CT molecular complexity index is 489. The zero-order valence-electron chi connectivity index (χ0n) is 15.5. The Morgan fingerprint density at radius 2 is 1.71 bits per heavy atom. The molecule has 1 aromatic carbocycles. The molecular weight excluding hydrogens is 298 g/mol. The van der Waals surface area contributed by atoms with Gasteiger partial charge in [0.15, 0.2) is 5.96 Å². The molecule has 1 fully saturated rings. The SMILES string of the molecule is CCCCNC(=NC)NCc1ccc(CN2CCN(C)CC2)cc1. The lowest BCUT2D eigenvalue weighted by atomic mass is 10.1. The van der Waals surface area contributed by atoms with E-state index in [2.05, 4.69) is 63.7 Å². The van der Waals surface area contributed by atoms with E-state index < -0.39 is 0 Å². The third-order valence-corrected chi connectivity index (χ3v) is 4.53. The van der Waals surface area contributed by atoms with Crippen molar-refractivity contribution in [2.45, 2.75) is 32.9 Å². The highest BCUT2D eigenvalue weighted by molar-refractivity contribution is 5.79. The van der Waals surface area contributed by atoms with E-state index in [1.807, 2.05) is 7.05 Å². The van der Waals surface area contributed by atoms with Gasteiger partial charge in [0, 0.05) is 52.9 Å². The van der Waals surface area contributed by atoms with Crippen molar-refractivity contribution in [1.82, 2.24) is 20.4 Å². The summed E-state index contributed by atoms with van der Waals surface area (Å²) in [6.07, 6.45) is 2.36. The number of hydrogen-bond acceptors (Lipinski definition) is 3. The Morgan fingerprint density at radius 1 is 1.04 bits per heavy atom. The number of guanidine groups is 1. The summed E-state index contributed by atoms with van der Waals surface area (Å²) in [6, 6.07) is 8.95. The quantitative estimate of drug-likeness (QED) is 0.455. The lowest BCUT2D eigenvalue weighted by Crippen LogP contribution is -2.43. The third kappa shape index (κ3) is 6.49. The van der Waals surface area contributed by atoms with E-state index in [9.17, 15) is 0 Å². The number of likely N-dealkylation sites (N-methyl/N-ethyl adjacent to an activating group) is 1. The smallest absolute Gasteiger partial charge is 0.191 e. The molecule has 134 valence electrons. The molecule has 2 N–H and O–H groups in total. The second-order valence-corrected chi connectivity index (χ2v) is 6.60. The van der Waals surface area contributed by atoms with Gasteiger partial charge in [-0.15, -0.1) is 0 Å². The minimum atomic E-state index is 0.806. The minimum absolute atomic E-state index is 0.806. The summed E-state index contributed by atoms with van der Waals surface area (Å²) in [7, 11) is 4.02. The van der Waals surface area contributed by atoms with Crippen molar-refractivity contribution in [2.75, 3.05) is 46.8 Å². The number of nitrogens with one attached hydrogen (secondary N) is 2. The van der Waals surface area contributed by atoms with E-state index in [1.165, 1.54) is 50.1 Å². The summed E-state index contributed by atoms with van der Waals surface area (Å²) in [5.41, 5.74) is 2.68. The molecule has 0 aliphatic carbocycles. The monoisotopic (exact) mass is 331 g/mol. The van der Waals surface area contributed by atoms with Crippen molar-refractivity contribution in [1.29, 1.82) is 0 Å². The van der Waals surface area contributed by atoms with Crippen molar-refractivity contribution < 1.29 is 0 Å². The molecule has 0 spiro atoms. The standard InChI is InChI=1S/C19H33N5/c1-4-5-10-21-19(20-2)22-15-17-6-8-18(9-7-17)16-24-13-11-23(3)12-14-24/h6-9H,4-5,10-16H2,1-3H3,(H2,20,21,22). The number of hydrogen-bond donors (Lipinski definition) is 2. The van der Waals surface area contributed by atoms with E-state index in [1.54, 1.807) is 0 Å². The second kappa shape index (κ2) is 10.3. The van der Waals surface area contributed by atoms with E-state index >= 15 is 0 Å². The first kappa shape index (κ1) is 18.7. The van der Waals surface area contributed by atoms with Gasteiger partial charge >= 0.3 is 0 Å². The van der Waals surface area contributed by atoms with Gasteiger partial charge in [0.25, 0.3) is 0 Å². The molecule has 0 aromatic heterocycles. The van der Waals surface area contributed by atoms with Crippen LogP contribution < -0.4 is 10.6 Å². The molecule has 0 saturated carbocycles. The molecule has 0 unspecified atom stereocenters. The van der Waals surface area contributed by atoms with Crippen LogP contribution in [0.25, 0.3) is 0 Å². The third-order valence-electron chi connectivity index (χ3n) is 4.53. The molecule has 1 aliphatic rings. The zero-order valence-corrected chi connectivity index (χ0v) is 15.5. The molecular formula is C19H33N5. The molecule has 0 amide bonds. The maximum absolute atomic E-state index is 4.26. The Kier molecular flexibility index (Phi) is 8.05. The molecule has 2 rings (SSSR count). The Balaban J connectivity index is 1.75. The lowest BCUT2D eigenvalue weighted by Gasteiger charge is -2.32. The van der Waals surface area contributed by atoms with Gasteiger partial charge in [-0.1, -0.05) is 37.6 Å². The van der Waals surface area contributed by atoms with Gasteiger partial charge < -0.3 is 15.5 Å². The normalized spacial score (nSPS) is 17.0. The van der Waals surface area contributed by atoms with E-state index in [0.717, 1.165) is 25.6 Å². The van der Waals surface area contributed by atoms with Gasteiger partial charge in [-0.25, -0.2) is 0 Å². The maximum Gasteiger partial charge on any atom is 0.191 e. The highest BCUT2D eigenvalue weighted by atomic mass is 15.2. The summed E-state index contributed by atoms with van der Waals surface area (Å²) in [6.45, 7) is 9.71. The molecule has 24 heavy (non-hydrogen) atoms. The molecule has 5 nitrogen and oxygen atoms in total. The Morgan fingerprint density at radius 3 is 2.33 bits per heavy atom. The summed E-state index contributed by atoms with van der Waals surface area (Å²) >= 11 is 0. The molecule has 5 heteroatoms. The summed E-state index contributed by atoms with van der Waals surface area (Å²) in [4.78, 5) is 9.19. The van der Waals surface area contributed by atoms with Crippen LogP contribution in [0.2, 0.25) is 0 Å². The average Bonchev–Trinajstić information content (AvgIpc) is 2.61. The van der Waals surface area contributed by atoms with Gasteiger partial charge in [0.05, 0.1) is 0 Å². The number of aliphatic imine (C=N–C) groups is 1. The maximum atomic E-state index is 4.26. The van der Waals surface area contributed by atoms with Crippen molar-refractivity contribution in [3.8, 4) is 0 Å². The van der Waals surface area contributed by atoms with Crippen molar-refractivity contribution >= 4 is 5.96 Å². The van der Waals surface area contributed by atoms with Crippen LogP contribution in [-0.4, -0.2) is 62.6 Å². The molecule has 1 saturated heterocycles. The predicted octanol–water partition coefficient (Wildman–Crippen LogP) is 1.90. The highest BCUT2D eigenvalue weighted by Gasteiger charge is 2.13. The van der Waals surface area contributed by atoms with Crippen LogP contribution in [0.4, 0.5) is 0 Å². The fourth-order valence-electron chi connectivity index (χ4n) is 2.82. The summed E-state index contributed by atoms with van der Waals surface area (Å²) in [5, 5.41) is 6.71. The fraction of sp³-hybridized carbons (Fsp3) is 0.632. The van der Waals surface area contributed by atoms with Gasteiger partial charge in [-0.2, -0.15) is 0 Å². The van der Waals surface area contributed by atoms with Crippen LogP contribution in [0.1, 0.15) is 30.9 Å². The fourth-order valence-corrected chi connectivity index (χ4v) is 2.82. The number of rotatable bonds is 7. The van der Waals surface area contributed by atoms with Crippen LogP contribution in [0.3, 0.4) is 0 Å². The predicted molar refractivity (Wildman–Crippen MR) is 102 cm³/mol. The van der Waals surface area contributed by atoms with Gasteiger partial charge in [0.1, 0.15) is 0 Å². The first-order valence-electron chi connectivity index (χ1n) is 9.14. The van der Waals surface area contributed by atoms with E-state index in [-0.39, 0.29) is 0 Å².